The topological polar surface area (TPSA) is 59.5 Å². The number of amides is 1. The second kappa shape index (κ2) is 6.17. The summed E-state index contributed by atoms with van der Waals surface area (Å²) in [5, 5.41) is 4.60. The van der Waals surface area contributed by atoms with E-state index >= 15 is 0 Å². The van der Waals surface area contributed by atoms with Crippen LogP contribution in [0.3, 0.4) is 0 Å². The molecule has 1 saturated heterocycles. The Hall–Kier alpha value is -2.53. The summed E-state index contributed by atoms with van der Waals surface area (Å²) in [6, 6.07) is 12.8. The molecule has 0 N–H and O–H groups in total. The molecular weight excluding hydrogens is 328 g/mol. The van der Waals surface area contributed by atoms with Crippen LogP contribution in [-0.2, 0) is 0 Å². The number of carbonyl (C=O) groups is 1. The Balaban J connectivity index is 1.58. The maximum absolute atomic E-state index is 12.8. The van der Waals surface area contributed by atoms with Gasteiger partial charge in [0.2, 0.25) is 5.76 Å². The summed E-state index contributed by atoms with van der Waals surface area (Å²) in [5.41, 5.74) is 1.38. The molecule has 6 heteroatoms. The van der Waals surface area contributed by atoms with Crippen molar-refractivity contribution in [3.63, 3.8) is 0 Å². The van der Waals surface area contributed by atoms with Crippen molar-refractivity contribution < 1.29 is 13.7 Å². The number of likely N-dealkylation sites (tertiary alicyclic amines) is 1. The van der Waals surface area contributed by atoms with Gasteiger partial charge in [-0.15, -0.1) is 0 Å². The van der Waals surface area contributed by atoms with Crippen LogP contribution in [0.25, 0.3) is 11.5 Å². The smallest absolute Gasteiger partial charge is 0.276 e. The normalized spacial score (nSPS) is 17.4. The number of hydrogen-bond acceptors (Lipinski definition) is 4. The molecule has 1 atom stereocenters. The van der Waals surface area contributed by atoms with E-state index in [1.807, 2.05) is 29.2 Å². The van der Waals surface area contributed by atoms with Gasteiger partial charge >= 0.3 is 0 Å². The molecule has 1 aliphatic rings. The first-order chi connectivity index (χ1) is 11.7. The van der Waals surface area contributed by atoms with Crippen LogP contribution >= 0.6 is 11.6 Å². The van der Waals surface area contributed by atoms with Crippen molar-refractivity contribution in [2.24, 2.45) is 0 Å². The molecule has 122 valence electrons. The highest BCUT2D eigenvalue weighted by molar-refractivity contribution is 6.30. The minimum absolute atomic E-state index is 0.0403. The average Bonchev–Trinajstić information content (AvgIpc) is 3.34. The molecule has 3 aromatic rings. The summed E-state index contributed by atoms with van der Waals surface area (Å²) < 4.78 is 10.5. The number of benzene rings is 1. The second-order valence-electron chi connectivity index (χ2n) is 5.76. The van der Waals surface area contributed by atoms with Crippen molar-refractivity contribution in [2.75, 3.05) is 6.54 Å². The average molecular weight is 343 g/mol. The fourth-order valence-electron chi connectivity index (χ4n) is 3.10. The highest BCUT2D eigenvalue weighted by Crippen LogP contribution is 2.34. The van der Waals surface area contributed by atoms with Crippen LogP contribution in [0.2, 0.25) is 5.02 Å². The van der Waals surface area contributed by atoms with Gasteiger partial charge in [-0.05, 0) is 42.7 Å². The Morgan fingerprint density at radius 1 is 1.21 bits per heavy atom. The summed E-state index contributed by atoms with van der Waals surface area (Å²) in [6.07, 6.45) is 3.44. The van der Waals surface area contributed by atoms with E-state index in [0.29, 0.717) is 28.8 Å². The SMILES string of the molecule is O=C(c1cc(-c2ccco2)on1)N1CCC[C@@H]1c1ccc(Cl)cc1. The summed E-state index contributed by atoms with van der Waals surface area (Å²) in [7, 11) is 0. The van der Waals surface area contributed by atoms with Gasteiger partial charge in [0, 0.05) is 17.6 Å². The van der Waals surface area contributed by atoms with Crippen LogP contribution in [-0.4, -0.2) is 22.5 Å². The lowest BCUT2D eigenvalue weighted by atomic mass is 10.0. The minimum atomic E-state index is -0.131. The van der Waals surface area contributed by atoms with Gasteiger partial charge in [0.15, 0.2) is 11.5 Å². The van der Waals surface area contributed by atoms with E-state index in [0.717, 1.165) is 18.4 Å². The molecule has 2 aromatic heterocycles. The molecule has 1 aromatic carbocycles. The lowest BCUT2D eigenvalue weighted by Gasteiger charge is -2.24. The first-order valence-electron chi connectivity index (χ1n) is 7.79. The monoisotopic (exact) mass is 342 g/mol. The molecule has 0 saturated carbocycles. The lowest BCUT2D eigenvalue weighted by Crippen LogP contribution is -2.30. The molecule has 5 nitrogen and oxygen atoms in total. The first kappa shape index (κ1) is 15.0. The number of hydrogen-bond donors (Lipinski definition) is 0. The highest BCUT2D eigenvalue weighted by atomic mass is 35.5. The Morgan fingerprint density at radius 3 is 2.79 bits per heavy atom. The zero-order valence-corrected chi connectivity index (χ0v) is 13.6. The standard InChI is InChI=1S/C18H15ClN2O3/c19-13-7-5-12(6-8-13)15-3-1-9-21(15)18(22)14-11-17(24-20-14)16-4-2-10-23-16/h2,4-8,10-11,15H,1,3,9H2/t15-/m1/s1. The predicted molar refractivity (Wildman–Crippen MR) is 88.7 cm³/mol. The lowest BCUT2D eigenvalue weighted by molar-refractivity contribution is 0.0725. The summed E-state index contributed by atoms with van der Waals surface area (Å²) in [4.78, 5) is 14.7. The van der Waals surface area contributed by atoms with E-state index in [1.54, 1.807) is 24.5 Å². The van der Waals surface area contributed by atoms with Gasteiger partial charge in [-0.3, -0.25) is 4.79 Å². The zero-order valence-electron chi connectivity index (χ0n) is 12.8. The molecule has 0 bridgehead atoms. The van der Waals surface area contributed by atoms with E-state index < -0.39 is 0 Å². The molecular formula is C18H15ClN2O3. The molecule has 0 radical (unpaired) electrons. The zero-order chi connectivity index (χ0) is 16.5. The van der Waals surface area contributed by atoms with Gasteiger partial charge < -0.3 is 13.8 Å². The molecule has 0 spiro atoms. The van der Waals surface area contributed by atoms with E-state index in [4.69, 9.17) is 20.5 Å². The highest BCUT2D eigenvalue weighted by Gasteiger charge is 2.32. The van der Waals surface area contributed by atoms with Gasteiger partial charge in [0.1, 0.15) is 0 Å². The molecule has 3 heterocycles. The number of furan rings is 1. The number of halogens is 1. The summed E-state index contributed by atoms with van der Waals surface area (Å²) in [6.45, 7) is 0.703. The Labute approximate surface area is 143 Å². The third-order valence-electron chi connectivity index (χ3n) is 4.26. The molecule has 4 rings (SSSR count). The van der Waals surface area contributed by atoms with Crippen molar-refractivity contribution in [3.8, 4) is 11.5 Å². The van der Waals surface area contributed by atoms with Crippen molar-refractivity contribution in [1.82, 2.24) is 10.1 Å². The van der Waals surface area contributed by atoms with Gasteiger partial charge in [-0.25, -0.2) is 0 Å². The fraction of sp³-hybridized carbons (Fsp3) is 0.222. The maximum Gasteiger partial charge on any atom is 0.276 e. The largest absolute Gasteiger partial charge is 0.461 e. The van der Waals surface area contributed by atoms with E-state index in [1.165, 1.54) is 0 Å². The van der Waals surface area contributed by atoms with Crippen LogP contribution in [0.5, 0.6) is 0 Å². The molecule has 1 amide bonds. The molecule has 24 heavy (non-hydrogen) atoms. The fourth-order valence-corrected chi connectivity index (χ4v) is 3.23. The third-order valence-corrected chi connectivity index (χ3v) is 4.51. The van der Waals surface area contributed by atoms with E-state index in [2.05, 4.69) is 5.16 Å². The molecule has 0 aliphatic carbocycles. The van der Waals surface area contributed by atoms with Gasteiger partial charge in [-0.1, -0.05) is 28.9 Å². The van der Waals surface area contributed by atoms with Gasteiger partial charge in [-0.2, -0.15) is 0 Å². The van der Waals surface area contributed by atoms with Crippen LogP contribution in [0.15, 0.2) is 57.7 Å². The molecule has 1 aliphatic heterocycles. The van der Waals surface area contributed by atoms with Crippen LogP contribution in [0.1, 0.15) is 34.9 Å². The third kappa shape index (κ3) is 2.71. The van der Waals surface area contributed by atoms with Gasteiger partial charge in [0.25, 0.3) is 5.91 Å². The first-order valence-corrected chi connectivity index (χ1v) is 8.17. The number of aromatic nitrogens is 1. The molecule has 1 fully saturated rings. The number of nitrogens with zero attached hydrogens (tertiary/aromatic N) is 2. The minimum Gasteiger partial charge on any atom is -0.461 e. The van der Waals surface area contributed by atoms with Crippen molar-refractivity contribution in [3.05, 3.63) is 65.0 Å². The van der Waals surface area contributed by atoms with E-state index in [9.17, 15) is 4.79 Å². The number of rotatable bonds is 3. The Kier molecular flexibility index (Phi) is 3.86. The quantitative estimate of drug-likeness (QED) is 0.699. The van der Waals surface area contributed by atoms with Crippen molar-refractivity contribution >= 4 is 17.5 Å². The van der Waals surface area contributed by atoms with Crippen LogP contribution in [0, 0.1) is 0 Å². The van der Waals surface area contributed by atoms with Crippen molar-refractivity contribution in [2.45, 2.75) is 18.9 Å². The Morgan fingerprint density at radius 2 is 2.04 bits per heavy atom. The second-order valence-corrected chi connectivity index (χ2v) is 6.20. The summed E-state index contributed by atoms with van der Waals surface area (Å²) in [5.74, 6) is 0.872. The van der Waals surface area contributed by atoms with Crippen molar-refractivity contribution in [1.29, 1.82) is 0 Å². The van der Waals surface area contributed by atoms with Crippen LogP contribution in [0.4, 0.5) is 0 Å². The Bertz CT molecular complexity index is 840. The number of carbonyl (C=O) groups excluding carboxylic acids is 1. The van der Waals surface area contributed by atoms with Crippen LogP contribution < -0.4 is 0 Å². The summed E-state index contributed by atoms with van der Waals surface area (Å²) >= 11 is 5.95. The molecule has 0 unspecified atom stereocenters. The van der Waals surface area contributed by atoms with Gasteiger partial charge in [0.05, 0.1) is 12.3 Å². The predicted octanol–water partition coefficient (Wildman–Crippen LogP) is 4.57. The van der Waals surface area contributed by atoms with E-state index in [-0.39, 0.29) is 11.9 Å². The maximum atomic E-state index is 12.8.